The van der Waals surface area contributed by atoms with Gasteiger partial charge in [0.05, 0.1) is 28.4 Å². The van der Waals surface area contributed by atoms with Gasteiger partial charge < -0.3 is 23.4 Å². The maximum Gasteiger partial charge on any atom is 0.213 e. The maximum absolute atomic E-state index is 6.21. The van der Waals surface area contributed by atoms with Gasteiger partial charge in [-0.3, -0.25) is 4.98 Å². The molecule has 0 unspecified atom stereocenters. The topological polar surface area (TPSA) is 75.8 Å². The van der Waals surface area contributed by atoms with E-state index in [-0.39, 0.29) is 0 Å². The molecule has 0 amide bonds. The van der Waals surface area contributed by atoms with E-state index in [1.165, 1.54) is 0 Å². The summed E-state index contributed by atoms with van der Waals surface area (Å²) < 4.78 is 27.7. The second-order valence-electron chi connectivity index (χ2n) is 6.18. The third kappa shape index (κ3) is 3.31. The number of ether oxygens (including phenoxy) is 4. The summed E-state index contributed by atoms with van der Waals surface area (Å²) >= 11 is 0. The molecule has 4 aromatic rings. The van der Waals surface area contributed by atoms with Crippen molar-refractivity contribution >= 4 is 11.1 Å². The Morgan fingerprint density at radius 1 is 0.724 bits per heavy atom. The summed E-state index contributed by atoms with van der Waals surface area (Å²) in [6.07, 6.45) is 3.45. The first kappa shape index (κ1) is 18.6. The lowest BCUT2D eigenvalue weighted by atomic mass is 10.1. The molecule has 0 radical (unpaired) electrons. The first-order valence-corrected chi connectivity index (χ1v) is 8.87. The van der Waals surface area contributed by atoms with Gasteiger partial charge in [-0.2, -0.15) is 0 Å². The van der Waals surface area contributed by atoms with E-state index < -0.39 is 0 Å². The van der Waals surface area contributed by atoms with Crippen molar-refractivity contribution in [3.05, 3.63) is 48.8 Å². The Balaban J connectivity index is 1.87. The third-order valence-corrected chi connectivity index (χ3v) is 4.62. The van der Waals surface area contributed by atoms with E-state index >= 15 is 0 Å². The molecule has 0 bridgehead atoms. The molecule has 148 valence electrons. The van der Waals surface area contributed by atoms with Crippen LogP contribution in [0.4, 0.5) is 0 Å². The van der Waals surface area contributed by atoms with Crippen LogP contribution in [-0.2, 0) is 0 Å². The Hall–Kier alpha value is -3.74. The lowest BCUT2D eigenvalue weighted by molar-refractivity contribution is 0.324. The van der Waals surface area contributed by atoms with Crippen molar-refractivity contribution in [3.8, 4) is 45.6 Å². The molecule has 3 aromatic heterocycles. The fourth-order valence-electron chi connectivity index (χ4n) is 3.22. The van der Waals surface area contributed by atoms with Gasteiger partial charge in [0, 0.05) is 35.7 Å². The number of hydrogen-bond donors (Lipinski definition) is 0. The lowest BCUT2D eigenvalue weighted by Crippen LogP contribution is -1.95. The van der Waals surface area contributed by atoms with E-state index in [4.69, 9.17) is 23.4 Å². The first-order chi connectivity index (χ1) is 14.2. The van der Waals surface area contributed by atoms with E-state index in [2.05, 4.69) is 9.97 Å². The zero-order valence-corrected chi connectivity index (χ0v) is 16.6. The molecule has 1 aromatic carbocycles. The second-order valence-corrected chi connectivity index (χ2v) is 6.18. The molecule has 0 saturated carbocycles. The minimum absolute atomic E-state index is 0.526. The molecule has 7 nitrogen and oxygen atoms in total. The van der Waals surface area contributed by atoms with Gasteiger partial charge in [-0.25, -0.2) is 4.98 Å². The van der Waals surface area contributed by atoms with Crippen LogP contribution in [0.2, 0.25) is 0 Å². The van der Waals surface area contributed by atoms with Crippen LogP contribution >= 0.6 is 0 Å². The van der Waals surface area contributed by atoms with E-state index in [0.29, 0.717) is 34.5 Å². The van der Waals surface area contributed by atoms with Crippen molar-refractivity contribution in [2.75, 3.05) is 28.4 Å². The number of methoxy groups -OCH3 is 4. The highest BCUT2D eigenvalue weighted by Gasteiger charge is 2.18. The molecular formula is C22H20N2O5. The van der Waals surface area contributed by atoms with Crippen molar-refractivity contribution < 1.29 is 23.4 Å². The molecule has 0 N–H and O–H groups in total. The highest BCUT2D eigenvalue weighted by molar-refractivity contribution is 5.92. The molecule has 0 saturated heterocycles. The van der Waals surface area contributed by atoms with Crippen molar-refractivity contribution in [1.29, 1.82) is 0 Å². The van der Waals surface area contributed by atoms with Crippen LogP contribution < -0.4 is 18.9 Å². The Bertz CT molecular complexity index is 1140. The summed E-state index contributed by atoms with van der Waals surface area (Å²) in [5, 5.41) is 0. The van der Waals surface area contributed by atoms with Crippen LogP contribution in [-0.4, -0.2) is 38.4 Å². The number of benzene rings is 1. The number of furan rings is 1. The molecule has 0 fully saturated rings. The molecule has 0 aliphatic rings. The van der Waals surface area contributed by atoms with Crippen LogP contribution in [0.3, 0.4) is 0 Å². The number of aromatic nitrogens is 2. The molecule has 0 atom stereocenters. The highest BCUT2D eigenvalue weighted by Crippen LogP contribution is 2.42. The van der Waals surface area contributed by atoms with Crippen LogP contribution in [0, 0.1) is 0 Å². The van der Waals surface area contributed by atoms with Crippen LogP contribution in [0.5, 0.6) is 23.1 Å². The SMILES string of the molecule is COc1cc(-c2ccnc3cc(-c4cc(OC)c(OC)c(OC)c4)oc23)ccn1. The zero-order valence-electron chi connectivity index (χ0n) is 16.6. The van der Waals surface area contributed by atoms with Gasteiger partial charge in [0.15, 0.2) is 17.1 Å². The van der Waals surface area contributed by atoms with E-state index in [0.717, 1.165) is 22.2 Å². The average Bonchev–Trinajstić information content (AvgIpc) is 3.22. The zero-order chi connectivity index (χ0) is 20.4. The van der Waals surface area contributed by atoms with Gasteiger partial charge in [0.1, 0.15) is 11.3 Å². The largest absolute Gasteiger partial charge is 0.493 e. The number of fused-ring (bicyclic) bond motifs is 1. The monoisotopic (exact) mass is 392 g/mol. The van der Waals surface area contributed by atoms with Crippen molar-refractivity contribution in [2.24, 2.45) is 0 Å². The minimum Gasteiger partial charge on any atom is -0.493 e. The van der Waals surface area contributed by atoms with Gasteiger partial charge in [-0.15, -0.1) is 0 Å². The molecule has 0 aliphatic heterocycles. The molecule has 29 heavy (non-hydrogen) atoms. The van der Waals surface area contributed by atoms with Crippen molar-refractivity contribution in [1.82, 2.24) is 9.97 Å². The smallest absolute Gasteiger partial charge is 0.213 e. The van der Waals surface area contributed by atoms with E-state index in [9.17, 15) is 0 Å². The number of nitrogens with zero attached hydrogens (tertiary/aromatic N) is 2. The molecule has 4 rings (SSSR count). The van der Waals surface area contributed by atoms with Crippen LogP contribution in [0.15, 0.2) is 53.2 Å². The lowest BCUT2D eigenvalue weighted by Gasteiger charge is -2.13. The van der Waals surface area contributed by atoms with Crippen LogP contribution in [0.1, 0.15) is 0 Å². The molecule has 3 heterocycles. The molecular weight excluding hydrogens is 372 g/mol. The summed E-state index contributed by atoms with van der Waals surface area (Å²) in [5.41, 5.74) is 4.02. The number of hydrogen-bond acceptors (Lipinski definition) is 7. The summed E-state index contributed by atoms with van der Waals surface area (Å²) in [7, 11) is 6.32. The fourth-order valence-corrected chi connectivity index (χ4v) is 3.22. The van der Waals surface area contributed by atoms with Gasteiger partial charge >= 0.3 is 0 Å². The Labute approximate surface area is 167 Å². The Morgan fingerprint density at radius 3 is 2.10 bits per heavy atom. The minimum atomic E-state index is 0.526. The fraction of sp³-hybridized carbons (Fsp3) is 0.182. The average molecular weight is 392 g/mol. The highest BCUT2D eigenvalue weighted by atomic mass is 16.5. The standard InChI is InChI=1S/C22H20N2O5/c1-25-18-9-14(10-19(26-2)22(18)28-4)17-12-16-21(29-17)15(6-8-23-16)13-5-7-24-20(11-13)27-3/h5-12H,1-4H3. The molecule has 0 aliphatic carbocycles. The van der Waals surface area contributed by atoms with Gasteiger partial charge in [-0.1, -0.05) is 0 Å². The predicted octanol–water partition coefficient (Wildman–Crippen LogP) is 4.59. The summed E-state index contributed by atoms with van der Waals surface area (Å²) in [5.74, 6) is 2.80. The van der Waals surface area contributed by atoms with Gasteiger partial charge in [-0.05, 0) is 29.8 Å². The van der Waals surface area contributed by atoms with Crippen molar-refractivity contribution in [2.45, 2.75) is 0 Å². The summed E-state index contributed by atoms with van der Waals surface area (Å²) in [6, 6.07) is 11.2. The van der Waals surface area contributed by atoms with Crippen LogP contribution in [0.25, 0.3) is 33.6 Å². The normalized spacial score (nSPS) is 10.8. The Morgan fingerprint density at radius 2 is 1.45 bits per heavy atom. The quantitative estimate of drug-likeness (QED) is 0.475. The third-order valence-electron chi connectivity index (χ3n) is 4.62. The summed E-state index contributed by atoms with van der Waals surface area (Å²) in [4.78, 5) is 8.61. The predicted molar refractivity (Wildman–Crippen MR) is 109 cm³/mol. The van der Waals surface area contributed by atoms with E-state index in [1.807, 2.05) is 36.4 Å². The summed E-state index contributed by atoms with van der Waals surface area (Å²) in [6.45, 7) is 0. The maximum atomic E-state index is 6.21. The molecule has 7 heteroatoms. The second kappa shape index (κ2) is 7.71. The number of pyridine rings is 2. The first-order valence-electron chi connectivity index (χ1n) is 8.87. The van der Waals surface area contributed by atoms with Gasteiger partial charge in [0.25, 0.3) is 0 Å². The molecule has 0 spiro atoms. The number of rotatable bonds is 6. The van der Waals surface area contributed by atoms with Crippen molar-refractivity contribution in [3.63, 3.8) is 0 Å². The van der Waals surface area contributed by atoms with E-state index in [1.54, 1.807) is 40.8 Å². The van der Waals surface area contributed by atoms with Gasteiger partial charge in [0.2, 0.25) is 11.6 Å². The Kier molecular flexibility index (Phi) is 4.95.